The van der Waals surface area contributed by atoms with E-state index in [1.807, 2.05) is 47.8 Å². The number of ketones is 1. The quantitative estimate of drug-likeness (QED) is 0.867. The monoisotopic (exact) mass is 303 g/mol. The van der Waals surface area contributed by atoms with Crippen molar-refractivity contribution in [3.63, 3.8) is 0 Å². The van der Waals surface area contributed by atoms with E-state index >= 15 is 0 Å². The Balaban J connectivity index is 1.84. The van der Waals surface area contributed by atoms with Crippen LogP contribution in [-0.2, 0) is 11.2 Å². The van der Waals surface area contributed by atoms with Crippen molar-refractivity contribution in [2.75, 3.05) is 11.5 Å². The summed E-state index contributed by atoms with van der Waals surface area (Å²) in [5, 5.41) is 1.67. The van der Waals surface area contributed by atoms with Crippen LogP contribution in [0.25, 0.3) is 10.9 Å². The third-order valence-corrected chi connectivity index (χ3v) is 6.75. The van der Waals surface area contributed by atoms with Crippen LogP contribution in [0.4, 0.5) is 0 Å². The Kier molecular flexibility index (Phi) is 4.32. The molecule has 2 nitrogen and oxygen atoms in total. The van der Waals surface area contributed by atoms with Crippen molar-refractivity contribution in [1.29, 1.82) is 0 Å². The molecule has 2 atom stereocenters. The molecule has 0 aliphatic carbocycles. The molecule has 0 radical (unpaired) electrons. The Labute approximate surface area is 127 Å². The summed E-state index contributed by atoms with van der Waals surface area (Å²) in [5.41, 5.74) is 2.07. The van der Waals surface area contributed by atoms with E-state index in [0.717, 1.165) is 28.0 Å². The number of fused-ring (bicyclic) bond motifs is 1. The molecule has 3 rings (SSSR count). The van der Waals surface area contributed by atoms with Crippen LogP contribution in [0.3, 0.4) is 0 Å². The number of hydrogen-bond acceptors (Lipinski definition) is 4. The lowest BCUT2D eigenvalue weighted by atomic mass is 10.0. The Morgan fingerprint density at radius 3 is 2.90 bits per heavy atom. The highest BCUT2D eigenvalue weighted by Gasteiger charge is 2.28. The fourth-order valence-electron chi connectivity index (χ4n) is 2.58. The molecule has 1 aromatic heterocycles. The zero-order chi connectivity index (χ0) is 13.9. The van der Waals surface area contributed by atoms with Crippen LogP contribution in [0.15, 0.2) is 36.5 Å². The molecule has 0 amide bonds. The standard InChI is InChI=1S/C16H17NOS2/c1-11-16(20-9-8-19-11)15(18)10-12-6-7-17-14-5-3-2-4-13(12)14/h2-7,11,16H,8-10H2,1H3. The predicted molar refractivity (Wildman–Crippen MR) is 88.6 cm³/mol. The number of benzene rings is 1. The molecule has 1 saturated heterocycles. The molecule has 4 heteroatoms. The minimum Gasteiger partial charge on any atom is -0.298 e. The van der Waals surface area contributed by atoms with Gasteiger partial charge in [-0.3, -0.25) is 9.78 Å². The number of para-hydroxylation sites is 1. The summed E-state index contributed by atoms with van der Waals surface area (Å²) in [6, 6.07) is 10.0. The summed E-state index contributed by atoms with van der Waals surface area (Å²) in [6.07, 6.45) is 2.32. The lowest BCUT2D eigenvalue weighted by Gasteiger charge is -2.26. The van der Waals surface area contributed by atoms with Crippen molar-refractivity contribution in [1.82, 2.24) is 4.98 Å². The van der Waals surface area contributed by atoms with E-state index in [1.54, 1.807) is 6.20 Å². The van der Waals surface area contributed by atoms with Crippen LogP contribution in [0, 0.1) is 0 Å². The van der Waals surface area contributed by atoms with Gasteiger partial charge >= 0.3 is 0 Å². The van der Waals surface area contributed by atoms with Crippen molar-refractivity contribution < 1.29 is 4.79 Å². The van der Waals surface area contributed by atoms with Crippen LogP contribution < -0.4 is 0 Å². The molecule has 1 aliphatic rings. The van der Waals surface area contributed by atoms with Gasteiger partial charge in [0.15, 0.2) is 5.78 Å². The highest BCUT2D eigenvalue weighted by Crippen LogP contribution is 2.32. The van der Waals surface area contributed by atoms with E-state index in [9.17, 15) is 4.79 Å². The SMILES string of the molecule is CC1SCCSC1C(=O)Cc1ccnc2ccccc12. The van der Waals surface area contributed by atoms with Crippen molar-refractivity contribution in [2.45, 2.75) is 23.8 Å². The maximum atomic E-state index is 12.6. The molecule has 2 aromatic rings. The zero-order valence-electron chi connectivity index (χ0n) is 11.4. The maximum Gasteiger partial charge on any atom is 0.151 e. The lowest BCUT2D eigenvalue weighted by molar-refractivity contribution is -0.117. The van der Waals surface area contributed by atoms with E-state index < -0.39 is 0 Å². The molecular weight excluding hydrogens is 286 g/mol. The van der Waals surface area contributed by atoms with Crippen molar-refractivity contribution in [3.8, 4) is 0 Å². The first-order valence-electron chi connectivity index (χ1n) is 6.84. The van der Waals surface area contributed by atoms with Gasteiger partial charge in [-0.25, -0.2) is 0 Å². The Hall–Kier alpha value is -1.00. The Bertz CT molecular complexity index is 623. The summed E-state index contributed by atoms with van der Waals surface area (Å²) >= 11 is 3.73. The van der Waals surface area contributed by atoms with E-state index in [4.69, 9.17) is 0 Å². The zero-order valence-corrected chi connectivity index (χ0v) is 13.0. The molecule has 0 spiro atoms. The van der Waals surface area contributed by atoms with Gasteiger partial charge in [0, 0.05) is 34.8 Å². The second-order valence-electron chi connectivity index (χ2n) is 5.00. The summed E-state index contributed by atoms with van der Waals surface area (Å²) in [6.45, 7) is 2.17. The van der Waals surface area contributed by atoms with Gasteiger partial charge in [0.05, 0.1) is 10.8 Å². The molecule has 2 heterocycles. The topological polar surface area (TPSA) is 30.0 Å². The van der Waals surface area contributed by atoms with Gasteiger partial charge in [0.1, 0.15) is 0 Å². The molecule has 20 heavy (non-hydrogen) atoms. The van der Waals surface area contributed by atoms with Crippen LogP contribution in [0.5, 0.6) is 0 Å². The van der Waals surface area contributed by atoms with Gasteiger partial charge in [-0.05, 0) is 17.7 Å². The molecule has 0 saturated carbocycles. The number of carbonyl (C=O) groups excluding carboxylic acids is 1. The number of Topliss-reactive ketones (excluding diaryl/α,β-unsaturated/α-hetero) is 1. The number of rotatable bonds is 3. The average molecular weight is 303 g/mol. The summed E-state index contributed by atoms with van der Waals surface area (Å²) in [7, 11) is 0. The van der Waals surface area contributed by atoms with Gasteiger partial charge in [0.25, 0.3) is 0 Å². The van der Waals surface area contributed by atoms with Crippen LogP contribution in [0.2, 0.25) is 0 Å². The number of pyridine rings is 1. The van der Waals surface area contributed by atoms with Crippen LogP contribution in [-0.4, -0.2) is 32.8 Å². The lowest BCUT2D eigenvalue weighted by Crippen LogP contribution is -2.32. The first kappa shape index (κ1) is 14.0. The van der Waals surface area contributed by atoms with Gasteiger partial charge in [-0.1, -0.05) is 25.1 Å². The van der Waals surface area contributed by atoms with Crippen molar-refractivity contribution >= 4 is 40.2 Å². The van der Waals surface area contributed by atoms with Gasteiger partial charge in [-0.15, -0.1) is 11.8 Å². The molecule has 1 aromatic carbocycles. The molecule has 1 aliphatic heterocycles. The third kappa shape index (κ3) is 2.86. The molecule has 104 valence electrons. The third-order valence-electron chi connectivity index (χ3n) is 3.61. The maximum absolute atomic E-state index is 12.6. The van der Waals surface area contributed by atoms with E-state index in [-0.39, 0.29) is 5.25 Å². The first-order valence-corrected chi connectivity index (χ1v) is 8.94. The minimum absolute atomic E-state index is 0.140. The fraction of sp³-hybridized carbons (Fsp3) is 0.375. The molecule has 2 unspecified atom stereocenters. The largest absolute Gasteiger partial charge is 0.298 e. The van der Waals surface area contributed by atoms with E-state index in [2.05, 4.69) is 18.0 Å². The molecule has 0 bridgehead atoms. The first-order chi connectivity index (χ1) is 9.75. The summed E-state index contributed by atoms with van der Waals surface area (Å²) < 4.78 is 0. The van der Waals surface area contributed by atoms with E-state index in [1.165, 1.54) is 0 Å². The molecular formula is C16H17NOS2. The van der Waals surface area contributed by atoms with Crippen molar-refractivity contribution in [3.05, 3.63) is 42.1 Å². The molecule has 1 fully saturated rings. The number of carbonyl (C=O) groups is 1. The second-order valence-corrected chi connectivity index (χ2v) is 7.73. The van der Waals surface area contributed by atoms with Gasteiger partial charge < -0.3 is 0 Å². The number of nitrogens with zero attached hydrogens (tertiary/aromatic N) is 1. The normalized spacial score (nSPS) is 22.9. The molecule has 0 N–H and O–H groups in total. The smallest absolute Gasteiger partial charge is 0.151 e. The Morgan fingerprint density at radius 2 is 2.05 bits per heavy atom. The summed E-state index contributed by atoms with van der Waals surface area (Å²) in [5.74, 6) is 2.60. The van der Waals surface area contributed by atoms with Crippen molar-refractivity contribution in [2.24, 2.45) is 0 Å². The summed E-state index contributed by atoms with van der Waals surface area (Å²) in [4.78, 5) is 16.9. The minimum atomic E-state index is 0.140. The highest BCUT2D eigenvalue weighted by molar-refractivity contribution is 8.07. The highest BCUT2D eigenvalue weighted by atomic mass is 32.2. The second kappa shape index (κ2) is 6.19. The number of aromatic nitrogens is 1. The number of hydrogen-bond donors (Lipinski definition) is 0. The average Bonchev–Trinajstić information content (AvgIpc) is 2.48. The van der Waals surface area contributed by atoms with Gasteiger partial charge in [-0.2, -0.15) is 11.8 Å². The number of thioether (sulfide) groups is 2. The predicted octanol–water partition coefficient (Wildman–Crippen LogP) is 3.58. The van der Waals surface area contributed by atoms with Gasteiger partial charge in [0.2, 0.25) is 0 Å². The fourth-order valence-corrected chi connectivity index (χ4v) is 5.32. The van der Waals surface area contributed by atoms with E-state index in [0.29, 0.717) is 17.5 Å². The Morgan fingerprint density at radius 1 is 1.25 bits per heavy atom. The van der Waals surface area contributed by atoms with Crippen LogP contribution in [0.1, 0.15) is 12.5 Å². The van der Waals surface area contributed by atoms with Crippen LogP contribution >= 0.6 is 23.5 Å².